The largest absolute Gasteiger partial charge is 0.299 e. The first-order valence-corrected chi connectivity index (χ1v) is 3.90. The quantitative estimate of drug-likeness (QED) is 0.547. The second-order valence-corrected chi connectivity index (χ2v) is 2.67. The van der Waals surface area contributed by atoms with Gasteiger partial charge in [0.2, 0.25) is 0 Å². The summed E-state index contributed by atoms with van der Waals surface area (Å²) in [6.07, 6.45) is 1.68. The lowest BCUT2D eigenvalue weighted by Crippen LogP contribution is -2.14. The van der Waals surface area contributed by atoms with Gasteiger partial charge in [-0.3, -0.25) is 9.59 Å². The highest BCUT2D eigenvalue weighted by Crippen LogP contribution is 2.07. The molecule has 3 heteroatoms. The van der Waals surface area contributed by atoms with E-state index in [4.69, 9.17) is 0 Å². The van der Waals surface area contributed by atoms with Crippen LogP contribution < -0.4 is 0 Å². The molecule has 0 N–H and O–H groups in total. The molecule has 0 bridgehead atoms. The van der Waals surface area contributed by atoms with Crippen LogP contribution in [0, 0.1) is 5.92 Å². The van der Waals surface area contributed by atoms with Gasteiger partial charge >= 0.3 is 0 Å². The van der Waals surface area contributed by atoms with Crippen LogP contribution in [0.5, 0.6) is 0 Å². The van der Waals surface area contributed by atoms with Crippen LogP contribution >= 0.6 is 11.8 Å². The molecule has 0 spiro atoms. The maximum Gasteiger partial charge on any atom is 0.198 e. The van der Waals surface area contributed by atoms with Gasteiger partial charge < -0.3 is 0 Å². The van der Waals surface area contributed by atoms with E-state index in [0.717, 1.165) is 11.8 Å². The zero-order valence-electron chi connectivity index (χ0n) is 5.80. The van der Waals surface area contributed by atoms with Gasteiger partial charge in [-0.2, -0.15) is 0 Å². The van der Waals surface area contributed by atoms with Gasteiger partial charge in [0.1, 0.15) is 5.78 Å². The van der Waals surface area contributed by atoms with Crippen molar-refractivity contribution in [3.8, 4) is 0 Å². The summed E-state index contributed by atoms with van der Waals surface area (Å²) < 4.78 is 0. The van der Waals surface area contributed by atoms with Gasteiger partial charge in [0, 0.05) is 0 Å². The smallest absolute Gasteiger partial charge is 0.198 e. The van der Waals surface area contributed by atoms with Crippen LogP contribution in [-0.2, 0) is 9.59 Å². The first kappa shape index (κ1) is 8.69. The Hall–Kier alpha value is -0.310. The molecule has 0 aliphatic carbocycles. The lowest BCUT2D eigenvalue weighted by Gasteiger charge is -2.00. The van der Waals surface area contributed by atoms with Crippen molar-refractivity contribution in [1.29, 1.82) is 0 Å². The van der Waals surface area contributed by atoms with Crippen molar-refractivity contribution in [3.05, 3.63) is 0 Å². The Morgan fingerprint density at radius 1 is 1.44 bits per heavy atom. The van der Waals surface area contributed by atoms with Gasteiger partial charge in [-0.05, 0) is 20.1 Å². The molecule has 2 nitrogen and oxygen atoms in total. The third kappa shape index (κ3) is 2.65. The van der Waals surface area contributed by atoms with E-state index < -0.39 is 5.92 Å². The summed E-state index contributed by atoms with van der Waals surface area (Å²) in [5.74, 6) is -0.491. The first-order chi connectivity index (χ1) is 4.09. The molecule has 0 aliphatic rings. The van der Waals surface area contributed by atoms with Crippen molar-refractivity contribution >= 4 is 22.7 Å². The molecule has 0 radical (unpaired) electrons. The number of hydrogen-bond acceptors (Lipinski definition) is 3. The Morgan fingerprint density at radius 3 is 2.00 bits per heavy atom. The van der Waals surface area contributed by atoms with E-state index in [1.165, 1.54) is 6.92 Å². The minimum Gasteiger partial charge on any atom is -0.299 e. The van der Waals surface area contributed by atoms with E-state index in [2.05, 4.69) is 0 Å². The maximum atomic E-state index is 10.7. The molecular weight excluding hydrogens is 136 g/mol. The molecule has 0 saturated carbocycles. The molecule has 0 amide bonds. The molecule has 0 heterocycles. The first-order valence-electron chi connectivity index (χ1n) is 2.68. The molecule has 1 unspecified atom stereocenters. The highest BCUT2D eigenvalue weighted by atomic mass is 32.2. The molecular formula is C6H10O2S. The molecule has 52 valence electrons. The van der Waals surface area contributed by atoms with E-state index in [1.807, 2.05) is 0 Å². The molecule has 0 aromatic rings. The standard InChI is InChI=1S/C6H10O2S/c1-4(5(2)7)6(8)9-3/h4H,1-3H3. The molecule has 0 aliphatic heterocycles. The molecule has 9 heavy (non-hydrogen) atoms. The van der Waals surface area contributed by atoms with Crippen molar-refractivity contribution in [2.75, 3.05) is 6.26 Å². The number of carbonyl (C=O) groups excluding carboxylic acids is 2. The van der Waals surface area contributed by atoms with Crippen LogP contribution in [0.25, 0.3) is 0 Å². The van der Waals surface area contributed by atoms with Crippen molar-refractivity contribution in [2.24, 2.45) is 5.92 Å². The monoisotopic (exact) mass is 146 g/mol. The summed E-state index contributed by atoms with van der Waals surface area (Å²) in [6, 6.07) is 0. The third-order valence-electron chi connectivity index (χ3n) is 1.16. The predicted octanol–water partition coefficient (Wildman–Crippen LogP) is 1.10. The summed E-state index contributed by atoms with van der Waals surface area (Å²) in [5.41, 5.74) is 0. The Kier molecular flexibility index (Phi) is 3.54. The highest BCUT2D eigenvalue weighted by molar-refractivity contribution is 8.13. The average Bonchev–Trinajstić information content (AvgIpc) is 1.84. The van der Waals surface area contributed by atoms with Crippen LogP contribution in [0.4, 0.5) is 0 Å². The Balaban J connectivity index is 3.88. The van der Waals surface area contributed by atoms with Crippen molar-refractivity contribution in [1.82, 2.24) is 0 Å². The number of hydrogen-bond donors (Lipinski definition) is 0. The lowest BCUT2D eigenvalue weighted by atomic mass is 10.1. The fourth-order valence-electron chi connectivity index (χ4n) is 0.343. The summed E-state index contributed by atoms with van der Waals surface area (Å²) in [6.45, 7) is 3.06. The second kappa shape index (κ2) is 3.67. The molecule has 0 aromatic heterocycles. The third-order valence-corrected chi connectivity index (χ3v) is 1.92. The predicted molar refractivity (Wildman–Crippen MR) is 38.4 cm³/mol. The minimum atomic E-state index is -0.431. The van der Waals surface area contributed by atoms with Crippen molar-refractivity contribution in [2.45, 2.75) is 13.8 Å². The number of ketones is 1. The Morgan fingerprint density at radius 2 is 1.89 bits per heavy atom. The Bertz CT molecular complexity index is 131. The molecule has 0 fully saturated rings. The average molecular weight is 146 g/mol. The van der Waals surface area contributed by atoms with Crippen LogP contribution in [0.2, 0.25) is 0 Å². The van der Waals surface area contributed by atoms with Gasteiger partial charge in [-0.1, -0.05) is 11.8 Å². The summed E-state index contributed by atoms with van der Waals surface area (Å²) in [5, 5.41) is -0.0532. The van der Waals surface area contributed by atoms with E-state index in [9.17, 15) is 9.59 Å². The van der Waals surface area contributed by atoms with Gasteiger partial charge in [-0.15, -0.1) is 0 Å². The number of Topliss-reactive ketones (excluding diaryl/α,β-unsaturated/α-hetero) is 1. The highest BCUT2D eigenvalue weighted by Gasteiger charge is 2.15. The SMILES string of the molecule is CSC(=O)C(C)C(C)=O. The summed E-state index contributed by atoms with van der Waals surface area (Å²) >= 11 is 1.10. The van der Waals surface area contributed by atoms with Gasteiger partial charge in [0.05, 0.1) is 5.92 Å². The normalized spacial score (nSPS) is 12.8. The van der Waals surface area contributed by atoms with Gasteiger partial charge in [-0.25, -0.2) is 0 Å². The number of thioether (sulfide) groups is 1. The van der Waals surface area contributed by atoms with E-state index >= 15 is 0 Å². The minimum absolute atomic E-state index is 0.0532. The zero-order chi connectivity index (χ0) is 7.44. The fourth-order valence-corrected chi connectivity index (χ4v) is 0.862. The van der Waals surface area contributed by atoms with E-state index in [-0.39, 0.29) is 10.9 Å². The van der Waals surface area contributed by atoms with Crippen molar-refractivity contribution < 1.29 is 9.59 Å². The maximum absolute atomic E-state index is 10.7. The van der Waals surface area contributed by atoms with Gasteiger partial charge in [0.15, 0.2) is 5.12 Å². The van der Waals surface area contributed by atoms with Gasteiger partial charge in [0.25, 0.3) is 0 Å². The van der Waals surface area contributed by atoms with Crippen LogP contribution in [0.3, 0.4) is 0 Å². The topological polar surface area (TPSA) is 34.1 Å². The molecule has 0 rings (SSSR count). The molecule has 0 saturated heterocycles. The lowest BCUT2D eigenvalue weighted by molar-refractivity contribution is -0.126. The zero-order valence-corrected chi connectivity index (χ0v) is 6.62. The molecule has 0 aromatic carbocycles. The summed E-state index contributed by atoms with van der Waals surface area (Å²) in [4.78, 5) is 21.2. The van der Waals surface area contributed by atoms with Crippen LogP contribution in [0.1, 0.15) is 13.8 Å². The number of carbonyl (C=O) groups is 2. The van der Waals surface area contributed by atoms with Crippen LogP contribution in [0.15, 0.2) is 0 Å². The van der Waals surface area contributed by atoms with Crippen molar-refractivity contribution in [3.63, 3.8) is 0 Å². The molecule has 1 atom stereocenters. The van der Waals surface area contributed by atoms with Crippen LogP contribution in [-0.4, -0.2) is 17.2 Å². The summed E-state index contributed by atoms with van der Waals surface area (Å²) in [7, 11) is 0. The Labute approximate surface area is 59.0 Å². The number of rotatable bonds is 2. The second-order valence-electron chi connectivity index (χ2n) is 1.86. The van der Waals surface area contributed by atoms with E-state index in [1.54, 1.807) is 13.2 Å². The van der Waals surface area contributed by atoms with E-state index in [0.29, 0.717) is 0 Å². The fraction of sp³-hybridized carbons (Fsp3) is 0.667.